The van der Waals surface area contributed by atoms with E-state index in [2.05, 4.69) is 16.6 Å². The number of amides is 1. The number of carbonyl (C=O) groups is 1. The highest BCUT2D eigenvalue weighted by molar-refractivity contribution is 7.97. The van der Waals surface area contributed by atoms with E-state index in [1.165, 1.54) is 0 Å². The van der Waals surface area contributed by atoms with E-state index < -0.39 is 0 Å². The number of ether oxygens (including phenoxy) is 2. The Balaban J connectivity index is 1.57. The van der Waals surface area contributed by atoms with Crippen molar-refractivity contribution in [3.05, 3.63) is 39.8 Å². The molecule has 7 heteroatoms. The van der Waals surface area contributed by atoms with Crippen LogP contribution in [0, 0.1) is 5.92 Å². The molecule has 0 unspecified atom stereocenters. The van der Waals surface area contributed by atoms with E-state index in [1.54, 1.807) is 30.2 Å². The van der Waals surface area contributed by atoms with Gasteiger partial charge in [0.05, 0.1) is 25.3 Å². The molecule has 0 radical (unpaired) electrons. The van der Waals surface area contributed by atoms with Crippen LogP contribution < -0.4 is 14.8 Å². The van der Waals surface area contributed by atoms with E-state index in [4.69, 9.17) is 9.47 Å². The third-order valence-corrected chi connectivity index (χ3v) is 5.50. The van der Waals surface area contributed by atoms with Gasteiger partial charge in [-0.2, -0.15) is 11.8 Å². The number of hydrogen-bond acceptors (Lipinski definition) is 6. The third kappa shape index (κ3) is 4.02. The minimum absolute atomic E-state index is 0.00267. The maximum absolute atomic E-state index is 12.4. The van der Waals surface area contributed by atoms with Gasteiger partial charge in [0, 0.05) is 11.1 Å². The van der Waals surface area contributed by atoms with Crippen molar-refractivity contribution < 1.29 is 14.3 Å². The molecule has 5 nitrogen and oxygen atoms in total. The van der Waals surface area contributed by atoms with Crippen LogP contribution in [0.25, 0.3) is 0 Å². The molecule has 0 aliphatic carbocycles. The number of thiazole rings is 1. The first-order valence-electron chi connectivity index (χ1n) is 7.69. The van der Waals surface area contributed by atoms with Crippen LogP contribution in [0.3, 0.4) is 0 Å². The predicted molar refractivity (Wildman–Crippen MR) is 96.9 cm³/mol. The molecule has 24 heavy (non-hydrogen) atoms. The Bertz CT molecular complexity index is 718. The number of benzene rings is 1. The molecule has 0 bridgehead atoms. The lowest BCUT2D eigenvalue weighted by Gasteiger charge is -2.24. The molecule has 0 fully saturated rings. The van der Waals surface area contributed by atoms with E-state index in [0.717, 1.165) is 33.5 Å². The Kier molecular flexibility index (Phi) is 5.63. The fourth-order valence-corrected chi connectivity index (χ4v) is 4.12. The van der Waals surface area contributed by atoms with Crippen molar-refractivity contribution in [3.63, 3.8) is 0 Å². The fraction of sp³-hybridized carbons (Fsp3) is 0.412. The van der Waals surface area contributed by atoms with Crippen LogP contribution in [-0.2, 0) is 23.5 Å². The van der Waals surface area contributed by atoms with Gasteiger partial charge in [0.2, 0.25) is 5.91 Å². The molecule has 1 aliphatic heterocycles. The summed E-state index contributed by atoms with van der Waals surface area (Å²) in [6.07, 6.45) is 2.71. The Morgan fingerprint density at radius 3 is 3.21 bits per heavy atom. The van der Waals surface area contributed by atoms with Crippen molar-refractivity contribution in [3.8, 4) is 11.5 Å². The molecule has 1 aromatic heterocycles. The number of fused-ring (bicyclic) bond motifs is 1. The zero-order chi connectivity index (χ0) is 16.9. The highest BCUT2D eigenvalue weighted by Gasteiger charge is 2.26. The largest absolute Gasteiger partial charge is 0.497 e. The lowest BCUT2D eigenvalue weighted by molar-refractivity contribution is -0.126. The molecule has 2 heterocycles. The van der Waals surface area contributed by atoms with Gasteiger partial charge in [-0.25, -0.2) is 4.98 Å². The number of nitrogens with zero attached hydrogens (tertiary/aromatic N) is 1. The van der Waals surface area contributed by atoms with Gasteiger partial charge in [-0.05, 0) is 36.4 Å². The Morgan fingerprint density at radius 2 is 2.42 bits per heavy atom. The first kappa shape index (κ1) is 17.1. The molecule has 0 spiro atoms. The highest BCUT2D eigenvalue weighted by Crippen LogP contribution is 2.30. The summed E-state index contributed by atoms with van der Waals surface area (Å²) in [7, 11) is 1.63. The minimum Gasteiger partial charge on any atom is -0.497 e. The second-order valence-corrected chi connectivity index (χ2v) is 7.38. The molecule has 128 valence electrons. The lowest BCUT2D eigenvalue weighted by Crippen LogP contribution is -2.37. The summed E-state index contributed by atoms with van der Waals surface area (Å²) in [6, 6.07) is 5.70. The second-order valence-electron chi connectivity index (χ2n) is 5.57. The molecular formula is C17H20N2O3S2. The number of carbonyl (C=O) groups excluding carboxylic acids is 1. The molecular weight excluding hydrogens is 344 g/mol. The smallest absolute Gasteiger partial charge is 0.227 e. The molecule has 3 rings (SSSR count). The summed E-state index contributed by atoms with van der Waals surface area (Å²) in [5, 5.41) is 6.07. The van der Waals surface area contributed by atoms with Gasteiger partial charge >= 0.3 is 0 Å². The van der Waals surface area contributed by atoms with Crippen molar-refractivity contribution in [2.24, 2.45) is 5.92 Å². The van der Waals surface area contributed by atoms with Crippen LogP contribution in [0.1, 0.15) is 16.3 Å². The zero-order valence-electron chi connectivity index (χ0n) is 13.7. The zero-order valence-corrected chi connectivity index (χ0v) is 15.3. The standard InChI is InChI=1S/C17H20N2O3S2/c1-21-14-3-4-15-11(6-14)5-12(8-22-15)17(20)18-7-13-9-24-16(19-13)10-23-2/h3-4,6,9,12H,5,7-8,10H2,1-2H3,(H,18,20)/t12-/m1/s1. The van der Waals surface area contributed by atoms with E-state index in [9.17, 15) is 4.79 Å². The van der Waals surface area contributed by atoms with E-state index in [0.29, 0.717) is 19.6 Å². The van der Waals surface area contributed by atoms with Gasteiger partial charge in [-0.1, -0.05) is 0 Å². The quantitative estimate of drug-likeness (QED) is 0.854. The Morgan fingerprint density at radius 1 is 1.54 bits per heavy atom. The average molecular weight is 364 g/mol. The van der Waals surface area contributed by atoms with Crippen LogP contribution in [0.4, 0.5) is 0 Å². The minimum atomic E-state index is -0.186. The normalized spacial score (nSPS) is 16.2. The Labute approximate surface area is 149 Å². The average Bonchev–Trinajstić information content (AvgIpc) is 3.06. The molecule has 0 saturated heterocycles. The van der Waals surface area contributed by atoms with Crippen molar-refractivity contribution in [1.82, 2.24) is 10.3 Å². The maximum Gasteiger partial charge on any atom is 0.227 e. The van der Waals surface area contributed by atoms with Gasteiger partial charge < -0.3 is 14.8 Å². The van der Waals surface area contributed by atoms with Crippen molar-refractivity contribution in [2.45, 2.75) is 18.7 Å². The summed E-state index contributed by atoms with van der Waals surface area (Å²) in [4.78, 5) is 16.9. The van der Waals surface area contributed by atoms with Crippen molar-refractivity contribution in [2.75, 3.05) is 20.0 Å². The fourth-order valence-electron chi connectivity index (χ4n) is 2.61. The summed E-state index contributed by atoms with van der Waals surface area (Å²) in [5.74, 6) is 2.34. The van der Waals surface area contributed by atoms with Crippen LogP contribution >= 0.6 is 23.1 Å². The maximum atomic E-state index is 12.4. The van der Waals surface area contributed by atoms with Crippen molar-refractivity contribution >= 4 is 29.0 Å². The van der Waals surface area contributed by atoms with Gasteiger partial charge in [-0.15, -0.1) is 11.3 Å². The molecule has 1 aliphatic rings. The second kappa shape index (κ2) is 7.90. The molecule has 1 amide bonds. The number of hydrogen-bond donors (Lipinski definition) is 1. The molecule has 1 aromatic carbocycles. The number of aromatic nitrogens is 1. The van der Waals surface area contributed by atoms with Crippen LogP contribution in [0.2, 0.25) is 0 Å². The van der Waals surface area contributed by atoms with Crippen LogP contribution in [0.5, 0.6) is 11.5 Å². The van der Waals surface area contributed by atoms with E-state index in [-0.39, 0.29) is 11.8 Å². The number of rotatable bonds is 6. The van der Waals surface area contributed by atoms with E-state index >= 15 is 0 Å². The number of nitrogens with one attached hydrogen (secondary N) is 1. The van der Waals surface area contributed by atoms with Crippen LogP contribution in [0.15, 0.2) is 23.6 Å². The molecule has 1 atom stereocenters. The van der Waals surface area contributed by atoms with Gasteiger partial charge in [0.25, 0.3) is 0 Å². The summed E-state index contributed by atoms with van der Waals surface area (Å²) < 4.78 is 11.0. The topological polar surface area (TPSA) is 60.5 Å². The predicted octanol–water partition coefficient (Wildman–Crippen LogP) is 2.88. The SMILES string of the molecule is COc1ccc2c(c1)C[C@@H](C(=O)NCc1csc(CSC)n1)CO2. The first-order chi connectivity index (χ1) is 11.7. The van der Waals surface area contributed by atoms with Crippen LogP contribution in [-0.4, -0.2) is 30.9 Å². The highest BCUT2D eigenvalue weighted by atomic mass is 32.2. The molecule has 2 aromatic rings. The molecule has 0 saturated carbocycles. The first-order valence-corrected chi connectivity index (χ1v) is 9.96. The number of thioether (sulfide) groups is 1. The van der Waals surface area contributed by atoms with Gasteiger partial charge in [0.15, 0.2) is 0 Å². The lowest BCUT2D eigenvalue weighted by atomic mass is 9.96. The van der Waals surface area contributed by atoms with Crippen molar-refractivity contribution in [1.29, 1.82) is 0 Å². The summed E-state index contributed by atoms with van der Waals surface area (Å²) in [6.45, 7) is 0.866. The number of methoxy groups -OCH3 is 1. The summed E-state index contributed by atoms with van der Waals surface area (Å²) >= 11 is 3.38. The monoisotopic (exact) mass is 364 g/mol. The summed E-state index contributed by atoms with van der Waals surface area (Å²) in [5.41, 5.74) is 1.92. The van der Waals surface area contributed by atoms with Gasteiger partial charge in [0.1, 0.15) is 23.1 Å². The van der Waals surface area contributed by atoms with E-state index in [1.807, 2.05) is 23.6 Å². The third-order valence-electron chi connectivity index (χ3n) is 3.86. The Hall–Kier alpha value is -1.73. The molecule has 1 N–H and O–H groups in total. The van der Waals surface area contributed by atoms with Gasteiger partial charge in [-0.3, -0.25) is 4.79 Å².